The quantitative estimate of drug-likeness (QED) is 0.873. The Bertz CT molecular complexity index is 902. The molecular formula is C19H22N2O4S. The van der Waals surface area contributed by atoms with E-state index >= 15 is 0 Å². The lowest BCUT2D eigenvalue weighted by atomic mass is 10.2. The summed E-state index contributed by atoms with van der Waals surface area (Å²) >= 11 is 0. The first-order valence-corrected chi connectivity index (χ1v) is 9.96. The molecule has 0 atom stereocenters. The van der Waals surface area contributed by atoms with E-state index in [1.165, 1.54) is 13.2 Å². The molecule has 138 valence electrons. The highest BCUT2D eigenvalue weighted by Gasteiger charge is 2.20. The number of likely N-dealkylation sites (tertiary alicyclic amines) is 1. The summed E-state index contributed by atoms with van der Waals surface area (Å²) in [5, 5.41) is 0. The second-order valence-electron chi connectivity index (χ2n) is 6.31. The third-order valence-electron chi connectivity index (χ3n) is 4.45. The predicted molar refractivity (Wildman–Crippen MR) is 100 cm³/mol. The van der Waals surface area contributed by atoms with Crippen molar-refractivity contribution in [1.82, 2.24) is 4.90 Å². The maximum Gasteiger partial charge on any atom is 0.262 e. The first-order valence-electron chi connectivity index (χ1n) is 8.47. The van der Waals surface area contributed by atoms with Gasteiger partial charge >= 0.3 is 0 Å². The molecule has 0 spiro atoms. The van der Waals surface area contributed by atoms with Crippen molar-refractivity contribution >= 4 is 21.6 Å². The molecule has 0 aliphatic carbocycles. The Morgan fingerprint density at radius 1 is 1.08 bits per heavy atom. The topological polar surface area (TPSA) is 75.7 Å². The maximum absolute atomic E-state index is 12.6. The Morgan fingerprint density at radius 3 is 2.31 bits per heavy atom. The van der Waals surface area contributed by atoms with Crippen molar-refractivity contribution in [3.8, 4) is 5.75 Å². The average Bonchev–Trinajstić information content (AvgIpc) is 3.15. The van der Waals surface area contributed by atoms with E-state index in [4.69, 9.17) is 4.74 Å². The lowest BCUT2D eigenvalue weighted by Gasteiger charge is -2.15. The van der Waals surface area contributed by atoms with Crippen LogP contribution in [0.1, 0.15) is 28.8 Å². The van der Waals surface area contributed by atoms with Crippen LogP contribution in [-0.4, -0.2) is 39.4 Å². The largest absolute Gasteiger partial charge is 0.497 e. The van der Waals surface area contributed by atoms with E-state index in [9.17, 15) is 13.2 Å². The van der Waals surface area contributed by atoms with E-state index < -0.39 is 10.0 Å². The molecule has 7 heteroatoms. The molecule has 0 unspecified atom stereocenters. The molecule has 0 bridgehead atoms. The number of nitrogens with zero attached hydrogens (tertiary/aromatic N) is 1. The zero-order valence-corrected chi connectivity index (χ0v) is 15.7. The summed E-state index contributed by atoms with van der Waals surface area (Å²) in [6, 6.07) is 11.3. The van der Waals surface area contributed by atoms with Crippen LogP contribution in [0.5, 0.6) is 5.75 Å². The molecule has 6 nitrogen and oxygen atoms in total. The van der Waals surface area contributed by atoms with Gasteiger partial charge in [0.25, 0.3) is 15.9 Å². The van der Waals surface area contributed by atoms with Crippen molar-refractivity contribution < 1.29 is 17.9 Å². The third-order valence-corrected chi connectivity index (χ3v) is 5.99. The number of benzene rings is 2. The highest BCUT2D eigenvalue weighted by molar-refractivity contribution is 7.92. The van der Waals surface area contributed by atoms with Crippen molar-refractivity contribution in [2.75, 3.05) is 24.9 Å². The molecule has 3 rings (SSSR count). The molecular weight excluding hydrogens is 352 g/mol. The summed E-state index contributed by atoms with van der Waals surface area (Å²) in [6.45, 7) is 3.28. The number of carbonyl (C=O) groups excluding carboxylic acids is 1. The number of anilines is 1. The minimum Gasteiger partial charge on any atom is -0.497 e. The van der Waals surface area contributed by atoms with Gasteiger partial charge in [0, 0.05) is 24.3 Å². The molecule has 1 saturated heterocycles. The van der Waals surface area contributed by atoms with Crippen LogP contribution >= 0.6 is 0 Å². The lowest BCUT2D eigenvalue weighted by Crippen LogP contribution is -2.27. The standard InChI is InChI=1S/C19H22N2O4S/c1-14-13-17(25-2)9-10-18(14)26(23,24)20-16-7-5-15(6-8-16)19(22)21-11-3-4-12-21/h5-10,13,20H,3-4,11-12H2,1-2H3. The summed E-state index contributed by atoms with van der Waals surface area (Å²) < 4.78 is 32.9. The Balaban J connectivity index is 1.76. The van der Waals surface area contributed by atoms with E-state index in [2.05, 4.69) is 4.72 Å². The third kappa shape index (κ3) is 3.83. The SMILES string of the molecule is COc1ccc(S(=O)(=O)Nc2ccc(C(=O)N3CCCC3)cc2)c(C)c1. The Kier molecular flexibility index (Phi) is 5.18. The Morgan fingerprint density at radius 2 is 1.73 bits per heavy atom. The van der Waals surface area contributed by atoms with Crippen molar-refractivity contribution in [2.45, 2.75) is 24.7 Å². The number of hydrogen-bond acceptors (Lipinski definition) is 4. The molecule has 1 aliphatic heterocycles. The number of hydrogen-bond donors (Lipinski definition) is 1. The van der Waals surface area contributed by atoms with Gasteiger partial charge in [-0.15, -0.1) is 0 Å². The number of nitrogens with one attached hydrogen (secondary N) is 1. The van der Waals surface area contributed by atoms with Gasteiger partial charge in [0.15, 0.2) is 0 Å². The second kappa shape index (κ2) is 7.37. The molecule has 0 saturated carbocycles. The normalized spacial score (nSPS) is 14.3. The lowest BCUT2D eigenvalue weighted by molar-refractivity contribution is 0.0793. The molecule has 1 aliphatic rings. The fraction of sp³-hybridized carbons (Fsp3) is 0.316. The maximum atomic E-state index is 12.6. The van der Waals surface area contributed by atoms with E-state index in [1.54, 1.807) is 43.3 Å². The van der Waals surface area contributed by atoms with Crippen molar-refractivity contribution in [1.29, 1.82) is 0 Å². The zero-order valence-electron chi connectivity index (χ0n) is 14.9. The number of sulfonamides is 1. The fourth-order valence-corrected chi connectivity index (χ4v) is 4.33. The van der Waals surface area contributed by atoms with E-state index in [-0.39, 0.29) is 10.8 Å². The van der Waals surface area contributed by atoms with Gasteiger partial charge in [-0.05, 0) is 67.8 Å². The number of ether oxygens (including phenoxy) is 1. The first kappa shape index (κ1) is 18.3. The summed E-state index contributed by atoms with van der Waals surface area (Å²) in [5.41, 5.74) is 1.58. The molecule has 1 heterocycles. The smallest absolute Gasteiger partial charge is 0.262 e. The fourth-order valence-electron chi connectivity index (χ4n) is 3.04. The van der Waals surface area contributed by atoms with E-state index in [1.807, 2.05) is 4.90 Å². The van der Waals surface area contributed by atoms with Gasteiger partial charge in [-0.3, -0.25) is 9.52 Å². The van der Waals surface area contributed by atoms with Crippen LogP contribution in [0, 0.1) is 6.92 Å². The van der Waals surface area contributed by atoms with Gasteiger partial charge in [0.1, 0.15) is 5.75 Å². The second-order valence-corrected chi connectivity index (χ2v) is 7.96. The molecule has 2 aromatic carbocycles. The molecule has 0 radical (unpaired) electrons. The van der Waals surface area contributed by atoms with Gasteiger partial charge in [0.2, 0.25) is 0 Å². The summed E-state index contributed by atoms with van der Waals surface area (Å²) in [7, 11) is -2.18. The Labute approximate surface area is 153 Å². The monoisotopic (exact) mass is 374 g/mol. The van der Waals surface area contributed by atoms with E-state index in [0.29, 0.717) is 22.6 Å². The number of methoxy groups -OCH3 is 1. The van der Waals surface area contributed by atoms with Gasteiger partial charge in [-0.2, -0.15) is 0 Å². The molecule has 1 N–H and O–H groups in total. The van der Waals surface area contributed by atoms with Crippen molar-refractivity contribution in [3.63, 3.8) is 0 Å². The number of amides is 1. The van der Waals surface area contributed by atoms with Crippen molar-refractivity contribution in [3.05, 3.63) is 53.6 Å². The number of carbonyl (C=O) groups is 1. The van der Waals surface area contributed by atoms with Crippen LogP contribution in [0.25, 0.3) is 0 Å². The van der Waals surface area contributed by atoms with Gasteiger partial charge in [-0.1, -0.05) is 0 Å². The molecule has 1 amide bonds. The van der Waals surface area contributed by atoms with Gasteiger partial charge < -0.3 is 9.64 Å². The molecule has 1 fully saturated rings. The van der Waals surface area contributed by atoms with Crippen LogP contribution < -0.4 is 9.46 Å². The minimum atomic E-state index is -3.72. The van der Waals surface area contributed by atoms with Crippen LogP contribution in [0.2, 0.25) is 0 Å². The number of aryl methyl sites for hydroxylation is 1. The zero-order chi connectivity index (χ0) is 18.7. The predicted octanol–water partition coefficient (Wildman–Crippen LogP) is 3.04. The highest BCUT2D eigenvalue weighted by atomic mass is 32.2. The average molecular weight is 374 g/mol. The Hall–Kier alpha value is -2.54. The summed E-state index contributed by atoms with van der Waals surface area (Å²) in [6.07, 6.45) is 2.07. The van der Waals surface area contributed by atoms with Gasteiger partial charge in [-0.25, -0.2) is 8.42 Å². The first-order chi connectivity index (χ1) is 12.4. The number of rotatable bonds is 5. The van der Waals surface area contributed by atoms with Crippen LogP contribution in [-0.2, 0) is 10.0 Å². The minimum absolute atomic E-state index is 0.0112. The summed E-state index contributed by atoms with van der Waals surface area (Å²) in [5.74, 6) is 0.592. The molecule has 0 aromatic heterocycles. The van der Waals surface area contributed by atoms with Crippen molar-refractivity contribution in [2.24, 2.45) is 0 Å². The highest BCUT2D eigenvalue weighted by Crippen LogP contribution is 2.24. The molecule has 2 aromatic rings. The van der Waals surface area contributed by atoms with Crippen LogP contribution in [0.4, 0.5) is 5.69 Å². The van der Waals surface area contributed by atoms with Crippen LogP contribution in [0.15, 0.2) is 47.4 Å². The molecule has 26 heavy (non-hydrogen) atoms. The van der Waals surface area contributed by atoms with E-state index in [0.717, 1.165) is 25.9 Å². The van der Waals surface area contributed by atoms with Crippen LogP contribution in [0.3, 0.4) is 0 Å². The summed E-state index contributed by atoms with van der Waals surface area (Å²) in [4.78, 5) is 14.4. The van der Waals surface area contributed by atoms with Gasteiger partial charge in [0.05, 0.1) is 12.0 Å².